The van der Waals surface area contributed by atoms with Crippen LogP contribution in [-0.2, 0) is 0 Å². The molecule has 25 heteroatoms. The average molecular weight is 628 g/mol. The summed E-state index contributed by atoms with van der Waals surface area (Å²) >= 11 is 0. The van der Waals surface area contributed by atoms with Crippen LogP contribution in [0, 0.1) is 0 Å². The van der Waals surface area contributed by atoms with Crippen LogP contribution in [0.4, 0.5) is 101 Å². The Morgan fingerprint density at radius 2 is 0.658 bits per heavy atom. The van der Waals surface area contributed by atoms with E-state index in [1.54, 1.807) is 0 Å². The monoisotopic (exact) mass is 628 g/mol. The number of hydrogen-bond acceptors (Lipinski definition) is 2. The zero-order valence-electron chi connectivity index (χ0n) is 16.6. The molecule has 0 aromatic heterocycles. The van der Waals surface area contributed by atoms with Crippen LogP contribution < -0.4 is 11.5 Å². The maximum absolute atomic E-state index is 13.9. The molecule has 2 atom stereocenters. The summed E-state index contributed by atoms with van der Waals surface area (Å²) < 4.78 is 306. The topological polar surface area (TPSA) is 52.0 Å². The van der Waals surface area contributed by atoms with E-state index in [2.05, 4.69) is 11.5 Å². The number of alkyl halides is 23. The highest BCUT2D eigenvalue weighted by Crippen LogP contribution is 2.67. The summed E-state index contributed by atoms with van der Waals surface area (Å²) in [7, 11) is 0. The molecule has 2 unspecified atom stereocenters. The molecule has 230 valence electrons. The van der Waals surface area contributed by atoms with Crippen molar-refractivity contribution < 1.29 is 101 Å². The van der Waals surface area contributed by atoms with Crippen LogP contribution in [0.15, 0.2) is 0 Å². The van der Waals surface area contributed by atoms with Crippen LogP contribution in [-0.4, -0.2) is 78.0 Å². The highest BCUT2D eigenvalue weighted by molar-refractivity contribution is 5.22. The minimum absolute atomic E-state index is 3.21. The largest absolute Gasteiger partial charge is 0.435 e. The van der Waals surface area contributed by atoms with Crippen molar-refractivity contribution >= 4 is 0 Å². The molecule has 0 aromatic carbocycles. The van der Waals surface area contributed by atoms with Gasteiger partial charge in [-0.25, -0.2) is 8.78 Å². The smallest absolute Gasteiger partial charge is 0.325 e. The SMILES string of the molecule is NCC(F)(F)C(F)(F)C(F)(F)C(F)(F)C(F)(F)C(F)(F)C(F)(F)C(F)(F)C(F)(C(F)(F)F)C(F)(F)C(N)F. The van der Waals surface area contributed by atoms with E-state index in [-0.39, 0.29) is 0 Å². The van der Waals surface area contributed by atoms with Crippen molar-refractivity contribution in [2.45, 2.75) is 71.4 Å². The summed E-state index contributed by atoms with van der Waals surface area (Å²) in [6, 6.07) is 0. The van der Waals surface area contributed by atoms with E-state index < -0.39 is 78.0 Å². The van der Waals surface area contributed by atoms with Crippen LogP contribution in [0.2, 0.25) is 0 Å². The predicted molar refractivity (Wildman–Crippen MR) is 72.6 cm³/mol. The normalized spacial score (nSPS) is 18.9. The van der Waals surface area contributed by atoms with E-state index in [0.717, 1.165) is 0 Å². The fourth-order valence-corrected chi connectivity index (χ4v) is 2.33. The summed E-state index contributed by atoms with van der Waals surface area (Å²) in [5.41, 5.74) is -1.72. The van der Waals surface area contributed by atoms with E-state index in [1.165, 1.54) is 0 Å². The number of rotatable bonds is 11. The first kappa shape index (κ1) is 36.3. The lowest BCUT2D eigenvalue weighted by molar-refractivity contribution is -0.475. The van der Waals surface area contributed by atoms with Gasteiger partial charge in [-0.05, 0) is 0 Å². The molecule has 0 fully saturated rings. The van der Waals surface area contributed by atoms with Crippen molar-refractivity contribution in [2.24, 2.45) is 11.5 Å². The molecule has 4 N–H and O–H groups in total. The van der Waals surface area contributed by atoms with Crippen molar-refractivity contribution in [1.29, 1.82) is 0 Å². The fraction of sp³-hybridized carbons (Fsp3) is 1.00. The van der Waals surface area contributed by atoms with Gasteiger partial charge >= 0.3 is 65.1 Å². The zero-order valence-corrected chi connectivity index (χ0v) is 16.6. The Morgan fingerprint density at radius 1 is 0.421 bits per heavy atom. The van der Waals surface area contributed by atoms with Crippen molar-refractivity contribution in [1.82, 2.24) is 0 Å². The van der Waals surface area contributed by atoms with Gasteiger partial charge in [0.1, 0.15) is 0 Å². The molecule has 0 heterocycles. The molecule has 0 radical (unpaired) electrons. The Kier molecular flexibility index (Phi) is 8.51. The predicted octanol–water partition coefficient (Wildman–Crippen LogP) is 6.19. The van der Waals surface area contributed by atoms with Gasteiger partial charge in [0.2, 0.25) is 6.30 Å². The molecule has 0 aliphatic carbocycles. The van der Waals surface area contributed by atoms with Gasteiger partial charge in [-0.15, -0.1) is 0 Å². The van der Waals surface area contributed by atoms with Gasteiger partial charge in [-0.1, -0.05) is 0 Å². The van der Waals surface area contributed by atoms with E-state index in [9.17, 15) is 101 Å². The Balaban J connectivity index is 7.49. The van der Waals surface area contributed by atoms with E-state index >= 15 is 0 Å². The average Bonchev–Trinajstić information content (AvgIpc) is 2.70. The first-order valence-electron chi connectivity index (χ1n) is 8.26. The third-order valence-corrected chi connectivity index (χ3v) is 4.71. The fourth-order valence-electron chi connectivity index (χ4n) is 2.33. The van der Waals surface area contributed by atoms with Gasteiger partial charge in [-0.3, -0.25) is 5.73 Å². The molecular weight excluding hydrogens is 621 g/mol. The van der Waals surface area contributed by atoms with Gasteiger partial charge in [0.15, 0.2) is 0 Å². The van der Waals surface area contributed by atoms with Gasteiger partial charge in [0.05, 0.1) is 6.54 Å². The molecule has 0 aliphatic heterocycles. The maximum atomic E-state index is 13.9. The summed E-state index contributed by atoms with van der Waals surface area (Å²) in [5, 5.41) is 0. The summed E-state index contributed by atoms with van der Waals surface area (Å²) in [5.74, 6) is -78.2. The molecule has 0 rings (SSSR count). The van der Waals surface area contributed by atoms with E-state index in [1.807, 2.05) is 0 Å². The number of nitrogens with two attached hydrogens (primary N) is 2. The van der Waals surface area contributed by atoms with Crippen LogP contribution in [0.5, 0.6) is 0 Å². The molecule has 0 amide bonds. The van der Waals surface area contributed by atoms with E-state index in [4.69, 9.17) is 0 Å². The van der Waals surface area contributed by atoms with Gasteiger partial charge < -0.3 is 5.73 Å². The first-order chi connectivity index (χ1) is 16.0. The van der Waals surface area contributed by atoms with Crippen molar-refractivity contribution in [3.8, 4) is 0 Å². The number of hydrogen-bond donors (Lipinski definition) is 2. The zero-order chi connectivity index (χ0) is 31.8. The molecule has 0 saturated carbocycles. The standard InChI is InChI=1S/C13H7F23N2/c14-2(38)4(17,18)5(19,13(34,35)36)7(22,23)9(26,27)11(30,31)12(32,33)10(28,29)8(24,25)6(20,21)3(15,16)1-37/h2H,1,37-38H2. The van der Waals surface area contributed by atoms with Gasteiger partial charge in [0, 0.05) is 0 Å². The third-order valence-electron chi connectivity index (χ3n) is 4.71. The molecule has 38 heavy (non-hydrogen) atoms. The minimum atomic E-state index is -9.45. The van der Waals surface area contributed by atoms with Gasteiger partial charge in [-0.2, -0.15) is 92.2 Å². The lowest BCUT2D eigenvalue weighted by Crippen LogP contribution is -2.80. The van der Waals surface area contributed by atoms with E-state index in [0.29, 0.717) is 0 Å². The Hall–Kier alpha value is -1.69. The van der Waals surface area contributed by atoms with Crippen molar-refractivity contribution in [3.63, 3.8) is 0 Å². The molecular formula is C13H7F23N2. The Morgan fingerprint density at radius 3 is 0.868 bits per heavy atom. The molecule has 0 saturated heterocycles. The van der Waals surface area contributed by atoms with Crippen LogP contribution in [0.3, 0.4) is 0 Å². The summed E-state index contributed by atoms with van der Waals surface area (Å²) in [4.78, 5) is 0. The lowest BCUT2D eigenvalue weighted by Gasteiger charge is -2.47. The second-order valence-corrected chi connectivity index (χ2v) is 7.11. The molecule has 2 nitrogen and oxygen atoms in total. The van der Waals surface area contributed by atoms with Crippen molar-refractivity contribution in [3.05, 3.63) is 0 Å². The molecule has 0 aliphatic rings. The highest BCUT2D eigenvalue weighted by Gasteiger charge is 2.99. The van der Waals surface area contributed by atoms with Crippen LogP contribution in [0.1, 0.15) is 0 Å². The second kappa shape index (κ2) is 8.91. The summed E-state index contributed by atoms with van der Waals surface area (Å²) in [6.07, 6.45) is -14.0. The lowest BCUT2D eigenvalue weighted by atomic mass is 9.79. The number of halogens is 23. The Labute approximate surface area is 192 Å². The highest BCUT2D eigenvalue weighted by atomic mass is 19.4. The van der Waals surface area contributed by atoms with Crippen LogP contribution in [0.25, 0.3) is 0 Å². The molecule has 0 bridgehead atoms. The summed E-state index contributed by atoms with van der Waals surface area (Å²) in [6.45, 7) is -3.21. The molecule has 0 aromatic rings. The maximum Gasteiger partial charge on any atom is 0.435 e. The Bertz CT molecular complexity index is 856. The second-order valence-electron chi connectivity index (χ2n) is 7.11. The first-order valence-corrected chi connectivity index (χ1v) is 8.26. The van der Waals surface area contributed by atoms with Gasteiger partial charge in [0.25, 0.3) is 0 Å². The minimum Gasteiger partial charge on any atom is -0.325 e. The van der Waals surface area contributed by atoms with Crippen molar-refractivity contribution in [2.75, 3.05) is 6.54 Å². The quantitative estimate of drug-likeness (QED) is 0.212. The molecule has 0 spiro atoms. The van der Waals surface area contributed by atoms with Crippen LogP contribution >= 0.6 is 0 Å². The third kappa shape index (κ3) is 4.02.